The van der Waals surface area contributed by atoms with Gasteiger partial charge in [-0.2, -0.15) is 0 Å². The van der Waals surface area contributed by atoms with E-state index < -0.39 is 24.0 Å². The average molecular weight is 379 g/mol. The minimum Gasteiger partial charge on any atom is -0.481 e. The van der Waals surface area contributed by atoms with Crippen LogP contribution < -0.4 is 5.32 Å². The van der Waals surface area contributed by atoms with Crippen molar-refractivity contribution in [3.63, 3.8) is 0 Å². The van der Waals surface area contributed by atoms with E-state index in [9.17, 15) is 14.4 Å². The number of nitrogens with one attached hydrogen (secondary N) is 1. The maximum atomic E-state index is 11.9. The lowest BCUT2D eigenvalue weighted by molar-refractivity contribution is -0.140. The molecule has 0 unspecified atom stereocenters. The number of carbonyl (C=O) groups is 3. The number of carbonyl (C=O) groups excluding carboxylic acids is 1. The fourth-order valence-electron chi connectivity index (χ4n) is 1.56. The second-order valence-electron chi connectivity index (χ2n) is 4.39. The van der Waals surface area contributed by atoms with Crippen molar-refractivity contribution >= 4 is 45.2 Å². The zero-order chi connectivity index (χ0) is 16.0. The van der Waals surface area contributed by atoms with Gasteiger partial charge in [0.1, 0.15) is 6.04 Å². The normalized spacial score (nSPS) is 11.7. The highest BCUT2D eigenvalue weighted by atomic mass is 79.9. The summed E-state index contributed by atoms with van der Waals surface area (Å²) in [4.78, 5) is 34.7. The zero-order valence-corrected chi connectivity index (χ0v) is 13.6. The van der Waals surface area contributed by atoms with Crippen molar-refractivity contribution in [2.75, 3.05) is 7.05 Å². The van der Waals surface area contributed by atoms with Gasteiger partial charge in [0.2, 0.25) is 0 Å². The van der Waals surface area contributed by atoms with Crippen LogP contribution in [0.15, 0.2) is 15.2 Å². The van der Waals surface area contributed by atoms with Gasteiger partial charge < -0.3 is 20.4 Å². The maximum Gasteiger partial charge on any atom is 0.326 e. The number of hydrogen-bond donors (Lipinski definition) is 3. The van der Waals surface area contributed by atoms with Crippen molar-refractivity contribution in [1.29, 1.82) is 0 Å². The Morgan fingerprint density at radius 2 is 2.10 bits per heavy atom. The number of halogens is 1. The first-order chi connectivity index (χ1) is 9.79. The quantitative estimate of drug-likeness (QED) is 0.672. The first-order valence-corrected chi connectivity index (χ1v) is 7.66. The third kappa shape index (κ3) is 6.13. The first kappa shape index (κ1) is 17.4. The van der Waals surface area contributed by atoms with Crippen LogP contribution in [0.5, 0.6) is 0 Å². The lowest BCUT2D eigenvalue weighted by Gasteiger charge is -2.20. The molecule has 0 aromatic carbocycles. The molecule has 0 aliphatic heterocycles. The van der Waals surface area contributed by atoms with Crippen LogP contribution in [-0.4, -0.2) is 46.2 Å². The van der Waals surface area contributed by atoms with Gasteiger partial charge in [-0.1, -0.05) is 0 Å². The Labute approximate surface area is 133 Å². The van der Waals surface area contributed by atoms with E-state index in [4.69, 9.17) is 10.2 Å². The summed E-state index contributed by atoms with van der Waals surface area (Å²) in [5, 5.41) is 21.7. The molecule has 0 spiro atoms. The Hall–Kier alpha value is -1.61. The third-order valence-electron chi connectivity index (χ3n) is 2.63. The maximum absolute atomic E-state index is 11.9. The molecule has 0 aliphatic rings. The van der Waals surface area contributed by atoms with Gasteiger partial charge in [-0.3, -0.25) is 4.79 Å². The number of amides is 2. The second-order valence-corrected chi connectivity index (χ2v) is 6.68. The average Bonchev–Trinajstić information content (AvgIpc) is 2.78. The van der Waals surface area contributed by atoms with E-state index in [-0.39, 0.29) is 12.8 Å². The number of carboxylic acids is 2. The summed E-state index contributed by atoms with van der Waals surface area (Å²) in [5.41, 5.74) is 0.918. The summed E-state index contributed by atoms with van der Waals surface area (Å²) in [6.45, 7) is 0.333. The van der Waals surface area contributed by atoms with E-state index in [2.05, 4.69) is 21.2 Å². The Kier molecular flexibility index (Phi) is 6.63. The van der Waals surface area contributed by atoms with E-state index in [1.54, 1.807) is 0 Å². The third-order valence-corrected chi connectivity index (χ3v) is 4.18. The van der Waals surface area contributed by atoms with Crippen molar-refractivity contribution in [2.24, 2.45) is 0 Å². The van der Waals surface area contributed by atoms with E-state index in [0.29, 0.717) is 6.54 Å². The van der Waals surface area contributed by atoms with Crippen molar-refractivity contribution in [3.05, 3.63) is 20.8 Å². The molecule has 1 aromatic heterocycles. The number of rotatable bonds is 7. The number of urea groups is 1. The van der Waals surface area contributed by atoms with Crippen molar-refractivity contribution in [3.8, 4) is 0 Å². The van der Waals surface area contributed by atoms with Crippen molar-refractivity contribution in [1.82, 2.24) is 10.2 Å². The number of nitrogens with zero attached hydrogens (tertiary/aromatic N) is 1. The molecule has 0 fully saturated rings. The van der Waals surface area contributed by atoms with Crippen LogP contribution in [0, 0.1) is 0 Å². The molecule has 0 saturated carbocycles. The molecule has 0 bridgehead atoms. The van der Waals surface area contributed by atoms with Crippen LogP contribution in [0.2, 0.25) is 0 Å². The number of hydrogen-bond acceptors (Lipinski definition) is 4. The molecule has 9 heteroatoms. The fourth-order valence-corrected chi connectivity index (χ4v) is 2.76. The molecule has 21 heavy (non-hydrogen) atoms. The van der Waals surface area contributed by atoms with Crippen LogP contribution >= 0.6 is 27.3 Å². The van der Waals surface area contributed by atoms with Crippen LogP contribution in [0.4, 0.5) is 4.79 Å². The van der Waals surface area contributed by atoms with Crippen LogP contribution in [-0.2, 0) is 16.1 Å². The molecule has 3 N–H and O–H groups in total. The van der Waals surface area contributed by atoms with Gasteiger partial charge in [0, 0.05) is 20.0 Å². The Bertz CT molecular complexity index is 533. The molecular formula is C12H15BrN2O5S. The number of aliphatic carboxylic acids is 2. The summed E-state index contributed by atoms with van der Waals surface area (Å²) < 4.78 is 0.941. The Balaban J connectivity index is 2.55. The molecule has 0 radical (unpaired) electrons. The first-order valence-electron chi connectivity index (χ1n) is 5.98. The van der Waals surface area contributed by atoms with Gasteiger partial charge in [0.05, 0.1) is 3.79 Å². The Morgan fingerprint density at radius 3 is 2.57 bits per heavy atom. The summed E-state index contributed by atoms with van der Waals surface area (Å²) in [6.07, 6.45) is -0.479. The number of carboxylic acid groups (broad SMARTS) is 2. The molecule has 1 heterocycles. The predicted octanol–water partition coefficient (Wildman–Crippen LogP) is 1.97. The van der Waals surface area contributed by atoms with Gasteiger partial charge >= 0.3 is 18.0 Å². The molecule has 2 amide bonds. The topological polar surface area (TPSA) is 107 Å². The second kappa shape index (κ2) is 7.99. The molecule has 1 rings (SSSR count). The molecule has 1 atom stereocenters. The van der Waals surface area contributed by atoms with Gasteiger partial charge in [-0.05, 0) is 39.4 Å². The Morgan fingerprint density at radius 1 is 1.43 bits per heavy atom. The lowest BCUT2D eigenvalue weighted by atomic mass is 10.1. The standard InChI is InChI=1S/C12H15BrN2O5S/c1-15(5-7-4-9(13)21-6-7)12(20)14-8(11(18)19)2-3-10(16)17/h4,6,8H,2-3,5H2,1H3,(H,14,20)(H,16,17)(H,18,19)/t8-/m0/s1. The largest absolute Gasteiger partial charge is 0.481 e. The highest BCUT2D eigenvalue weighted by Gasteiger charge is 2.22. The summed E-state index contributed by atoms with van der Waals surface area (Å²) in [5.74, 6) is -2.36. The molecule has 7 nitrogen and oxygen atoms in total. The van der Waals surface area contributed by atoms with Gasteiger partial charge in [0.15, 0.2) is 0 Å². The molecule has 1 aromatic rings. The molecule has 116 valence electrons. The molecule has 0 aliphatic carbocycles. The van der Waals surface area contributed by atoms with E-state index in [1.165, 1.54) is 23.3 Å². The minimum atomic E-state index is -1.25. The number of thiophene rings is 1. The monoisotopic (exact) mass is 378 g/mol. The highest BCUT2D eigenvalue weighted by Crippen LogP contribution is 2.21. The zero-order valence-electron chi connectivity index (χ0n) is 11.2. The predicted molar refractivity (Wildman–Crippen MR) is 80.3 cm³/mol. The summed E-state index contributed by atoms with van der Waals surface area (Å²) in [7, 11) is 1.54. The molecular weight excluding hydrogens is 364 g/mol. The SMILES string of the molecule is CN(Cc1csc(Br)c1)C(=O)N[C@@H](CCC(=O)O)C(=O)O. The minimum absolute atomic E-state index is 0.158. The summed E-state index contributed by atoms with van der Waals surface area (Å²) in [6, 6.07) is 0.0912. The molecule has 0 saturated heterocycles. The van der Waals surface area contributed by atoms with E-state index in [1.807, 2.05) is 11.4 Å². The lowest BCUT2D eigenvalue weighted by Crippen LogP contribution is -2.46. The van der Waals surface area contributed by atoms with Crippen molar-refractivity contribution < 1.29 is 24.6 Å². The van der Waals surface area contributed by atoms with Crippen molar-refractivity contribution in [2.45, 2.75) is 25.4 Å². The summed E-state index contributed by atoms with van der Waals surface area (Å²) >= 11 is 4.81. The van der Waals surface area contributed by atoms with E-state index in [0.717, 1.165) is 9.35 Å². The van der Waals surface area contributed by atoms with Crippen LogP contribution in [0.1, 0.15) is 18.4 Å². The highest BCUT2D eigenvalue weighted by molar-refractivity contribution is 9.11. The van der Waals surface area contributed by atoms with Gasteiger partial charge in [-0.15, -0.1) is 11.3 Å². The van der Waals surface area contributed by atoms with E-state index >= 15 is 0 Å². The smallest absolute Gasteiger partial charge is 0.326 e. The van der Waals surface area contributed by atoms with Gasteiger partial charge in [-0.25, -0.2) is 9.59 Å². The van der Waals surface area contributed by atoms with Gasteiger partial charge in [0.25, 0.3) is 0 Å². The van der Waals surface area contributed by atoms with Crippen LogP contribution in [0.3, 0.4) is 0 Å². The fraction of sp³-hybridized carbons (Fsp3) is 0.417. The van der Waals surface area contributed by atoms with Crippen LogP contribution in [0.25, 0.3) is 0 Å².